The second-order valence-electron chi connectivity index (χ2n) is 7.86. The number of non-ortho nitro benzene ring substituents is 1. The molecule has 32 heavy (non-hydrogen) atoms. The minimum Gasteiger partial charge on any atom is -0.495 e. The van der Waals surface area contributed by atoms with Gasteiger partial charge in [0.05, 0.1) is 29.9 Å². The van der Waals surface area contributed by atoms with Crippen molar-refractivity contribution in [2.24, 2.45) is 17.6 Å². The quantitative estimate of drug-likeness (QED) is 0.438. The van der Waals surface area contributed by atoms with Crippen molar-refractivity contribution in [3.05, 3.63) is 69.9 Å². The maximum atomic E-state index is 13.7. The molecule has 5 rings (SSSR count). The van der Waals surface area contributed by atoms with Gasteiger partial charge in [0.2, 0.25) is 17.7 Å². The van der Waals surface area contributed by atoms with E-state index in [1.165, 1.54) is 19.2 Å². The minimum atomic E-state index is -1.03. The summed E-state index contributed by atoms with van der Waals surface area (Å²) in [5.74, 6) is -3.68. The fraction of sp³-hybridized carbons (Fsp3) is 0.227. The highest BCUT2D eigenvalue weighted by Gasteiger charge is 2.64. The van der Waals surface area contributed by atoms with Crippen LogP contribution < -0.4 is 15.4 Å². The molecule has 3 heterocycles. The van der Waals surface area contributed by atoms with Gasteiger partial charge in [-0.25, -0.2) is 4.90 Å². The first-order chi connectivity index (χ1) is 15.3. The lowest BCUT2D eigenvalue weighted by molar-refractivity contribution is -0.384. The molecule has 0 spiro atoms. The van der Waals surface area contributed by atoms with E-state index >= 15 is 0 Å². The Morgan fingerprint density at radius 3 is 2.53 bits per heavy atom. The Balaban J connectivity index is 1.66. The van der Waals surface area contributed by atoms with Gasteiger partial charge in [-0.2, -0.15) is 0 Å². The van der Waals surface area contributed by atoms with E-state index in [4.69, 9.17) is 10.5 Å². The normalized spacial score (nSPS) is 25.4. The number of nitrogens with two attached hydrogens (primary N) is 1. The summed E-state index contributed by atoms with van der Waals surface area (Å²) in [5, 5.41) is 11.3. The van der Waals surface area contributed by atoms with E-state index in [2.05, 4.69) is 0 Å². The van der Waals surface area contributed by atoms with Crippen molar-refractivity contribution < 1.29 is 24.0 Å². The van der Waals surface area contributed by atoms with Gasteiger partial charge in [-0.05, 0) is 23.3 Å². The van der Waals surface area contributed by atoms with E-state index in [-0.39, 0.29) is 17.1 Å². The Hall–Kier alpha value is -4.21. The van der Waals surface area contributed by atoms with Crippen molar-refractivity contribution in [2.75, 3.05) is 12.0 Å². The first kappa shape index (κ1) is 19.7. The summed E-state index contributed by atoms with van der Waals surface area (Å²) in [5.41, 5.74) is 7.05. The number of rotatable bonds is 4. The Morgan fingerprint density at radius 2 is 1.84 bits per heavy atom. The van der Waals surface area contributed by atoms with Crippen LogP contribution in [0.2, 0.25) is 0 Å². The van der Waals surface area contributed by atoms with Crippen LogP contribution in [0.5, 0.6) is 5.75 Å². The van der Waals surface area contributed by atoms with Crippen molar-refractivity contribution in [3.63, 3.8) is 0 Å². The zero-order valence-corrected chi connectivity index (χ0v) is 16.9. The number of hydrogen-bond acceptors (Lipinski definition) is 7. The van der Waals surface area contributed by atoms with Crippen molar-refractivity contribution in [3.8, 4) is 5.75 Å². The fourth-order valence-electron chi connectivity index (χ4n) is 5.09. The number of fused-ring (bicyclic) bond motifs is 5. The van der Waals surface area contributed by atoms with Gasteiger partial charge in [-0.3, -0.25) is 24.5 Å². The van der Waals surface area contributed by atoms with Crippen molar-refractivity contribution >= 4 is 35.2 Å². The molecule has 2 N–H and O–H groups in total. The fourth-order valence-corrected chi connectivity index (χ4v) is 5.09. The highest BCUT2D eigenvalue weighted by Crippen LogP contribution is 2.53. The Morgan fingerprint density at radius 1 is 1.12 bits per heavy atom. The predicted octanol–water partition coefficient (Wildman–Crippen LogP) is 1.60. The molecule has 2 aromatic rings. The summed E-state index contributed by atoms with van der Waals surface area (Å²) in [6, 6.07) is 9.52. The zero-order chi connectivity index (χ0) is 22.7. The number of carbonyl (C=O) groups excluding carboxylic acids is 3. The number of ether oxygens (including phenoxy) is 1. The second-order valence-corrected chi connectivity index (χ2v) is 7.86. The summed E-state index contributed by atoms with van der Waals surface area (Å²) in [7, 11) is 1.34. The number of nitro benzene ring substituents is 1. The topological polar surface area (TPSA) is 136 Å². The van der Waals surface area contributed by atoms with Crippen LogP contribution in [0.25, 0.3) is 6.08 Å². The first-order valence-corrected chi connectivity index (χ1v) is 9.89. The van der Waals surface area contributed by atoms with Crippen molar-refractivity contribution in [1.29, 1.82) is 0 Å². The van der Waals surface area contributed by atoms with Crippen molar-refractivity contribution in [2.45, 2.75) is 12.1 Å². The number of nitrogens with zero attached hydrogens (tertiary/aromatic N) is 3. The lowest BCUT2D eigenvalue weighted by Crippen LogP contribution is -2.46. The Labute approximate surface area is 182 Å². The number of primary amides is 1. The van der Waals surface area contributed by atoms with E-state index in [1.54, 1.807) is 11.1 Å². The molecule has 0 aliphatic carbocycles. The highest BCUT2D eigenvalue weighted by atomic mass is 16.6. The molecule has 0 saturated carbocycles. The number of anilines is 1. The van der Waals surface area contributed by atoms with E-state index in [1.807, 2.05) is 30.3 Å². The molecular formula is C22H18N4O6. The first-order valence-electron chi connectivity index (χ1n) is 9.89. The van der Waals surface area contributed by atoms with Crippen LogP contribution in [0.15, 0.2) is 48.7 Å². The summed E-state index contributed by atoms with van der Waals surface area (Å²) in [6.45, 7) is 0. The molecular weight excluding hydrogens is 416 g/mol. The van der Waals surface area contributed by atoms with Crippen LogP contribution in [-0.2, 0) is 14.4 Å². The maximum absolute atomic E-state index is 13.7. The standard InChI is InChI=1S/C22H18N4O6/c1-32-15-7-6-12(26(30)31)10-14(15)25-21(28)16-17(22(25)29)19(20(23)27)24-9-8-11-4-2-3-5-13(11)18(16)24/h2-10,16-19H,1H3,(H2,23,27)/t16-,17+,18-,19-/m0/s1. The highest BCUT2D eigenvalue weighted by molar-refractivity contribution is 6.24. The van der Waals surface area contributed by atoms with Crippen LogP contribution in [-0.4, -0.2) is 40.7 Å². The van der Waals surface area contributed by atoms with Crippen LogP contribution >= 0.6 is 0 Å². The molecule has 162 valence electrons. The number of carbonyl (C=O) groups is 3. The maximum Gasteiger partial charge on any atom is 0.271 e. The smallest absolute Gasteiger partial charge is 0.271 e. The Bertz CT molecular complexity index is 1220. The van der Waals surface area contributed by atoms with Crippen LogP contribution in [0.1, 0.15) is 17.2 Å². The van der Waals surface area contributed by atoms with E-state index in [0.717, 1.165) is 22.1 Å². The average molecular weight is 434 g/mol. The number of benzene rings is 2. The van der Waals surface area contributed by atoms with Gasteiger partial charge >= 0.3 is 0 Å². The van der Waals surface area contributed by atoms with Gasteiger partial charge in [0.25, 0.3) is 5.69 Å². The molecule has 3 aliphatic heterocycles. The molecule has 0 bridgehead atoms. The van der Waals surface area contributed by atoms with Crippen molar-refractivity contribution in [1.82, 2.24) is 4.90 Å². The number of methoxy groups -OCH3 is 1. The lowest BCUT2D eigenvalue weighted by Gasteiger charge is -2.34. The molecule has 2 fully saturated rings. The third-order valence-electron chi connectivity index (χ3n) is 6.37. The third kappa shape index (κ3) is 2.55. The zero-order valence-electron chi connectivity index (χ0n) is 16.9. The van der Waals surface area contributed by atoms with E-state index in [0.29, 0.717) is 0 Å². The number of hydrogen-bond donors (Lipinski definition) is 1. The summed E-state index contributed by atoms with van der Waals surface area (Å²) in [6.07, 6.45) is 3.51. The molecule has 2 saturated heterocycles. The molecule has 0 aromatic heterocycles. The van der Waals surface area contributed by atoms with Crippen LogP contribution in [0.3, 0.4) is 0 Å². The predicted molar refractivity (Wildman–Crippen MR) is 112 cm³/mol. The number of amides is 3. The molecule has 0 unspecified atom stereocenters. The SMILES string of the molecule is COc1ccc([N+](=O)[O-])cc1N1C(=O)[C@@H]2[C@H](C1=O)[C@@H]1c3ccccc3C=CN1[C@@H]2C(N)=O. The summed E-state index contributed by atoms with van der Waals surface area (Å²) in [4.78, 5) is 52.9. The van der Waals surface area contributed by atoms with Gasteiger partial charge in [-0.1, -0.05) is 24.3 Å². The summed E-state index contributed by atoms with van der Waals surface area (Å²) < 4.78 is 5.27. The van der Waals surface area contributed by atoms with Gasteiger partial charge in [0, 0.05) is 18.3 Å². The third-order valence-corrected chi connectivity index (χ3v) is 6.37. The number of nitro groups is 1. The second kappa shape index (κ2) is 6.91. The minimum absolute atomic E-state index is 0.0273. The van der Waals surface area contributed by atoms with E-state index < -0.39 is 46.6 Å². The van der Waals surface area contributed by atoms with E-state index in [9.17, 15) is 24.5 Å². The molecule has 2 aromatic carbocycles. The van der Waals surface area contributed by atoms with Gasteiger partial charge < -0.3 is 15.4 Å². The monoisotopic (exact) mass is 434 g/mol. The van der Waals surface area contributed by atoms with Gasteiger partial charge in [0.1, 0.15) is 17.5 Å². The molecule has 10 heteroatoms. The number of imide groups is 1. The molecule has 3 amide bonds. The molecule has 0 radical (unpaired) electrons. The van der Waals surface area contributed by atoms with Crippen LogP contribution in [0, 0.1) is 22.0 Å². The summed E-state index contributed by atoms with van der Waals surface area (Å²) >= 11 is 0. The molecule has 4 atom stereocenters. The molecule has 10 nitrogen and oxygen atoms in total. The lowest BCUT2D eigenvalue weighted by atomic mass is 9.84. The van der Waals surface area contributed by atoms with Crippen LogP contribution in [0.4, 0.5) is 11.4 Å². The molecule has 3 aliphatic rings. The largest absolute Gasteiger partial charge is 0.495 e. The van der Waals surface area contributed by atoms with Gasteiger partial charge in [0.15, 0.2) is 0 Å². The average Bonchev–Trinajstić information content (AvgIpc) is 3.26. The van der Waals surface area contributed by atoms with Gasteiger partial charge in [-0.15, -0.1) is 0 Å². The Kier molecular flexibility index (Phi) is 4.26.